The van der Waals surface area contributed by atoms with Gasteiger partial charge in [-0.15, -0.1) is 0 Å². The zero-order valence-electron chi connectivity index (χ0n) is 19.8. The lowest BCUT2D eigenvalue weighted by Crippen LogP contribution is -2.25. The van der Waals surface area contributed by atoms with Gasteiger partial charge in [0.15, 0.2) is 5.78 Å². The third kappa shape index (κ3) is 7.13. The fourth-order valence-corrected chi connectivity index (χ4v) is 4.70. The molecule has 1 amide bonds. The van der Waals surface area contributed by atoms with Crippen molar-refractivity contribution >= 4 is 17.7 Å². The molecule has 2 aromatic rings. The van der Waals surface area contributed by atoms with E-state index < -0.39 is 11.8 Å². The Kier molecular flexibility index (Phi) is 8.16. The maximum Gasteiger partial charge on any atom is 0.303 e. The van der Waals surface area contributed by atoms with Crippen molar-refractivity contribution in [3.63, 3.8) is 0 Å². The fraction of sp³-hybridized carbons (Fsp3) is 0.464. The van der Waals surface area contributed by atoms with Crippen molar-refractivity contribution in [3.05, 3.63) is 65.0 Å². The van der Waals surface area contributed by atoms with Crippen LogP contribution in [0.25, 0.3) is 0 Å². The normalized spacial score (nSPS) is 19.7. The highest BCUT2D eigenvalue weighted by Gasteiger charge is 2.25. The van der Waals surface area contributed by atoms with E-state index in [2.05, 4.69) is 5.32 Å². The molecule has 0 spiro atoms. The summed E-state index contributed by atoms with van der Waals surface area (Å²) in [5.41, 5.74) is 1.89. The zero-order chi connectivity index (χ0) is 24.8. The summed E-state index contributed by atoms with van der Waals surface area (Å²) in [4.78, 5) is 35.6. The molecule has 0 radical (unpaired) electrons. The van der Waals surface area contributed by atoms with E-state index in [0.717, 1.165) is 25.7 Å². The lowest BCUT2D eigenvalue weighted by molar-refractivity contribution is -0.138. The molecule has 35 heavy (non-hydrogen) atoms. The lowest BCUT2D eigenvalue weighted by atomic mass is 9.85. The van der Waals surface area contributed by atoms with Gasteiger partial charge in [-0.2, -0.15) is 0 Å². The Balaban J connectivity index is 1.19. The number of carboxylic acids is 1. The average Bonchev–Trinajstić information content (AvgIpc) is 3.68. The van der Waals surface area contributed by atoms with E-state index in [1.165, 1.54) is 30.5 Å². The number of carbonyl (C=O) groups is 3. The molecule has 7 heteroatoms. The Morgan fingerprint density at radius 3 is 2.31 bits per heavy atom. The van der Waals surface area contributed by atoms with Crippen molar-refractivity contribution in [2.24, 2.45) is 5.92 Å². The van der Waals surface area contributed by atoms with Crippen LogP contribution in [0.2, 0.25) is 0 Å². The van der Waals surface area contributed by atoms with Crippen molar-refractivity contribution in [2.75, 3.05) is 6.54 Å². The highest BCUT2D eigenvalue weighted by molar-refractivity contribution is 5.96. The highest BCUT2D eigenvalue weighted by Crippen LogP contribution is 2.39. The minimum Gasteiger partial charge on any atom is -0.490 e. The molecule has 2 aliphatic rings. The van der Waals surface area contributed by atoms with Crippen LogP contribution in [0.5, 0.6) is 5.75 Å². The Labute approximate surface area is 204 Å². The summed E-state index contributed by atoms with van der Waals surface area (Å²) in [6.07, 6.45) is 6.10. The van der Waals surface area contributed by atoms with Gasteiger partial charge in [0.1, 0.15) is 11.6 Å². The van der Waals surface area contributed by atoms with Gasteiger partial charge < -0.3 is 15.2 Å². The number of ether oxygens (including phenoxy) is 1. The third-order valence-electron chi connectivity index (χ3n) is 6.89. The molecule has 2 fully saturated rings. The molecule has 0 aliphatic heterocycles. The Hall–Kier alpha value is -3.22. The summed E-state index contributed by atoms with van der Waals surface area (Å²) in [7, 11) is 0. The summed E-state index contributed by atoms with van der Waals surface area (Å²) < 4.78 is 20.4. The molecule has 2 aliphatic carbocycles. The maximum atomic E-state index is 14.6. The number of carboxylic acid groups (broad SMARTS) is 1. The number of ketones is 1. The lowest BCUT2D eigenvalue weighted by Gasteiger charge is -2.28. The predicted octanol–water partition coefficient (Wildman–Crippen LogP) is 5.51. The molecule has 0 atom stereocenters. The second kappa shape index (κ2) is 11.5. The third-order valence-corrected chi connectivity index (χ3v) is 6.89. The van der Waals surface area contributed by atoms with E-state index in [0.29, 0.717) is 30.2 Å². The summed E-state index contributed by atoms with van der Waals surface area (Å²) >= 11 is 0. The Morgan fingerprint density at radius 2 is 1.69 bits per heavy atom. The first-order chi connectivity index (χ1) is 16.9. The van der Waals surface area contributed by atoms with Crippen LogP contribution in [0.3, 0.4) is 0 Å². The van der Waals surface area contributed by atoms with Crippen LogP contribution in [0.15, 0.2) is 42.5 Å². The van der Waals surface area contributed by atoms with Gasteiger partial charge in [-0.1, -0.05) is 12.1 Å². The van der Waals surface area contributed by atoms with E-state index in [1.54, 1.807) is 6.07 Å². The Morgan fingerprint density at radius 1 is 0.971 bits per heavy atom. The monoisotopic (exact) mass is 481 g/mol. The van der Waals surface area contributed by atoms with E-state index in [1.807, 2.05) is 24.3 Å². The maximum absolute atomic E-state index is 14.6. The summed E-state index contributed by atoms with van der Waals surface area (Å²) in [5.74, 6) is -0.702. The zero-order valence-corrected chi connectivity index (χ0v) is 19.8. The highest BCUT2D eigenvalue weighted by atomic mass is 19.1. The number of Topliss-reactive ketones (excluding diaryl/α,β-unsaturated/α-hetero) is 1. The molecule has 6 nitrogen and oxygen atoms in total. The number of nitrogens with one attached hydrogen (secondary N) is 1. The number of hydrogen-bond acceptors (Lipinski definition) is 4. The number of carbonyl (C=O) groups excluding carboxylic acids is 2. The van der Waals surface area contributed by atoms with Crippen LogP contribution in [-0.4, -0.2) is 35.4 Å². The molecule has 0 unspecified atom stereocenters. The minimum atomic E-state index is -0.780. The van der Waals surface area contributed by atoms with E-state index >= 15 is 0 Å². The molecule has 2 aromatic carbocycles. The number of aliphatic carboxylic acids is 1. The van der Waals surface area contributed by atoms with E-state index in [4.69, 9.17) is 9.84 Å². The molecule has 186 valence electrons. The molecular weight excluding hydrogens is 449 g/mol. The van der Waals surface area contributed by atoms with Crippen molar-refractivity contribution in [3.8, 4) is 5.75 Å². The number of amides is 1. The smallest absolute Gasteiger partial charge is 0.303 e. The van der Waals surface area contributed by atoms with Crippen molar-refractivity contribution < 1.29 is 28.6 Å². The van der Waals surface area contributed by atoms with Gasteiger partial charge in [-0.05, 0) is 86.6 Å². The second-order valence-corrected chi connectivity index (χ2v) is 9.68. The fourth-order valence-electron chi connectivity index (χ4n) is 4.70. The molecule has 0 saturated heterocycles. The number of halogens is 1. The first-order valence-corrected chi connectivity index (χ1v) is 12.5. The molecular formula is C28H32FNO5. The molecule has 0 heterocycles. The van der Waals surface area contributed by atoms with Gasteiger partial charge >= 0.3 is 5.97 Å². The van der Waals surface area contributed by atoms with E-state index in [9.17, 15) is 18.8 Å². The van der Waals surface area contributed by atoms with Gasteiger partial charge in [-0.3, -0.25) is 14.4 Å². The van der Waals surface area contributed by atoms with Crippen LogP contribution in [0.1, 0.15) is 90.0 Å². The van der Waals surface area contributed by atoms with Gasteiger partial charge in [-0.25, -0.2) is 4.39 Å². The molecule has 2 N–H and O–H groups in total. The minimum absolute atomic E-state index is 0.0181. The molecule has 2 saturated carbocycles. The summed E-state index contributed by atoms with van der Waals surface area (Å²) in [6.45, 7) is 0.336. The van der Waals surface area contributed by atoms with Crippen LogP contribution in [0, 0.1) is 11.7 Å². The van der Waals surface area contributed by atoms with Crippen molar-refractivity contribution in [1.82, 2.24) is 5.32 Å². The van der Waals surface area contributed by atoms with Gasteiger partial charge in [0.05, 0.1) is 11.7 Å². The quantitative estimate of drug-likeness (QED) is 0.326. The van der Waals surface area contributed by atoms with Gasteiger partial charge in [0, 0.05) is 31.0 Å². The number of rotatable bonds is 11. The standard InChI is InChI=1S/C28H32FNO5/c29-25-17-23(35-22-11-3-18(4-12-22)16-27(32)33)13-14-24(25)26(31)2-1-15-30-28(34)21-9-7-20(8-10-21)19-5-6-19/h7-10,13-14,17-19,22H,1-6,11-12,15-16H2,(H,30,34)(H,32,33). The van der Waals surface area contributed by atoms with Crippen molar-refractivity contribution in [1.29, 1.82) is 0 Å². The van der Waals surface area contributed by atoms with Crippen LogP contribution >= 0.6 is 0 Å². The SMILES string of the molecule is O=C(O)CC1CCC(Oc2ccc(C(=O)CCCNC(=O)c3ccc(C4CC4)cc3)c(F)c2)CC1. The van der Waals surface area contributed by atoms with Crippen LogP contribution in [-0.2, 0) is 4.79 Å². The van der Waals surface area contributed by atoms with Crippen molar-refractivity contribution in [2.45, 2.75) is 69.8 Å². The predicted molar refractivity (Wildman–Crippen MR) is 129 cm³/mol. The molecule has 4 rings (SSSR count). The average molecular weight is 482 g/mol. The van der Waals surface area contributed by atoms with Crippen LogP contribution < -0.4 is 10.1 Å². The van der Waals surface area contributed by atoms with Crippen LogP contribution in [0.4, 0.5) is 4.39 Å². The first-order valence-electron chi connectivity index (χ1n) is 12.5. The van der Waals surface area contributed by atoms with Gasteiger partial charge in [0.25, 0.3) is 5.91 Å². The largest absolute Gasteiger partial charge is 0.490 e. The number of benzene rings is 2. The summed E-state index contributed by atoms with van der Waals surface area (Å²) in [5, 5.41) is 11.7. The second-order valence-electron chi connectivity index (χ2n) is 9.68. The van der Waals surface area contributed by atoms with Gasteiger partial charge in [0.2, 0.25) is 0 Å². The molecule has 0 bridgehead atoms. The first kappa shape index (κ1) is 24.9. The topological polar surface area (TPSA) is 92.7 Å². The summed E-state index contributed by atoms with van der Waals surface area (Å²) in [6, 6.07) is 11.9. The molecule has 0 aromatic heterocycles. The number of hydrogen-bond donors (Lipinski definition) is 2. The Bertz CT molecular complexity index is 1060. The van der Waals surface area contributed by atoms with E-state index in [-0.39, 0.29) is 42.1 Å².